The van der Waals surface area contributed by atoms with Gasteiger partial charge >= 0.3 is 0 Å². The van der Waals surface area contributed by atoms with Gasteiger partial charge in [0.15, 0.2) is 5.78 Å². The Morgan fingerprint density at radius 2 is 1.74 bits per heavy atom. The van der Waals surface area contributed by atoms with E-state index in [2.05, 4.69) is 31.9 Å². The molecule has 2 unspecified atom stereocenters. The number of carbonyl (C=O) groups excluding carboxylic acids is 1. The largest absolute Gasteiger partial charge is 0.497 e. The van der Waals surface area contributed by atoms with Gasteiger partial charge in [-0.05, 0) is 29.8 Å². The van der Waals surface area contributed by atoms with E-state index in [1.54, 1.807) is 19.2 Å². The number of carbonyl (C=O) groups is 1. The van der Waals surface area contributed by atoms with Gasteiger partial charge in [-0.3, -0.25) is 4.79 Å². The van der Waals surface area contributed by atoms with Crippen molar-refractivity contribution in [2.45, 2.75) is 9.65 Å². The molecule has 2 rings (SSSR count). The summed E-state index contributed by atoms with van der Waals surface area (Å²) >= 11 is 18.5. The summed E-state index contributed by atoms with van der Waals surface area (Å²) in [6.45, 7) is 0. The highest BCUT2D eigenvalue weighted by Crippen LogP contribution is 2.36. The molecule has 0 saturated carbocycles. The topological polar surface area (TPSA) is 26.3 Å². The van der Waals surface area contributed by atoms with Gasteiger partial charge in [0, 0.05) is 5.56 Å². The molecule has 122 valence electrons. The molecule has 0 spiro atoms. The van der Waals surface area contributed by atoms with Crippen molar-refractivity contribution < 1.29 is 13.9 Å². The Kier molecular flexibility index (Phi) is 6.48. The number of hydrogen-bond donors (Lipinski definition) is 0. The third-order valence-electron chi connectivity index (χ3n) is 3.22. The molecule has 2 atom stereocenters. The minimum absolute atomic E-state index is 0.0772. The first-order valence-electron chi connectivity index (χ1n) is 6.46. The number of halogens is 5. The number of rotatable bonds is 5. The summed E-state index contributed by atoms with van der Waals surface area (Å²) in [6, 6.07) is 9.54. The van der Waals surface area contributed by atoms with E-state index in [4.69, 9.17) is 27.9 Å². The van der Waals surface area contributed by atoms with Crippen molar-refractivity contribution in [1.82, 2.24) is 0 Å². The zero-order valence-electron chi connectivity index (χ0n) is 11.8. The fraction of sp³-hybridized carbons (Fsp3) is 0.188. The molecule has 0 aliphatic rings. The van der Waals surface area contributed by atoms with E-state index in [-0.39, 0.29) is 26.2 Å². The van der Waals surface area contributed by atoms with Gasteiger partial charge in [-0.25, -0.2) is 4.39 Å². The van der Waals surface area contributed by atoms with Crippen LogP contribution in [0.3, 0.4) is 0 Å². The maximum atomic E-state index is 13.6. The minimum Gasteiger partial charge on any atom is -0.497 e. The number of alkyl halides is 2. The van der Waals surface area contributed by atoms with Crippen LogP contribution < -0.4 is 4.74 Å². The number of benzene rings is 2. The summed E-state index contributed by atoms with van der Waals surface area (Å²) in [5.41, 5.74) is 0.944. The third-order valence-corrected chi connectivity index (χ3v) is 6.53. The van der Waals surface area contributed by atoms with E-state index < -0.39 is 10.6 Å². The van der Waals surface area contributed by atoms with Crippen LogP contribution in [-0.2, 0) is 0 Å². The summed E-state index contributed by atoms with van der Waals surface area (Å²) in [6.07, 6.45) is 0. The van der Waals surface area contributed by atoms with E-state index in [9.17, 15) is 9.18 Å². The molecule has 0 amide bonds. The lowest BCUT2D eigenvalue weighted by Gasteiger charge is -2.17. The van der Waals surface area contributed by atoms with Crippen LogP contribution in [-0.4, -0.2) is 17.7 Å². The second kappa shape index (κ2) is 7.97. The van der Waals surface area contributed by atoms with Gasteiger partial charge in [-0.2, -0.15) is 0 Å². The lowest BCUT2D eigenvalue weighted by Crippen LogP contribution is -2.20. The molecule has 0 aliphatic carbocycles. The molecule has 0 N–H and O–H groups in total. The van der Waals surface area contributed by atoms with E-state index in [0.717, 1.165) is 11.6 Å². The average molecular weight is 485 g/mol. The maximum absolute atomic E-state index is 13.6. The van der Waals surface area contributed by atoms with E-state index in [1.165, 1.54) is 6.07 Å². The minimum atomic E-state index is -0.685. The SMILES string of the molecule is COc1ccc(C(Br)C(Br)C(=O)c2cc(F)c(Cl)cc2Cl)cc1. The molecule has 7 heteroatoms. The van der Waals surface area contributed by atoms with Crippen molar-refractivity contribution in [1.29, 1.82) is 0 Å². The molecule has 0 heterocycles. The number of ketones is 1. The van der Waals surface area contributed by atoms with Crippen molar-refractivity contribution in [2.75, 3.05) is 7.11 Å². The molecule has 2 aromatic rings. The average Bonchev–Trinajstić information content (AvgIpc) is 2.56. The highest BCUT2D eigenvalue weighted by atomic mass is 79.9. The maximum Gasteiger partial charge on any atom is 0.179 e. The predicted octanol–water partition coefficient (Wildman–Crippen LogP) is 6.22. The van der Waals surface area contributed by atoms with Crippen molar-refractivity contribution in [3.63, 3.8) is 0 Å². The number of methoxy groups -OCH3 is 1. The van der Waals surface area contributed by atoms with Crippen LogP contribution in [0.4, 0.5) is 4.39 Å². The van der Waals surface area contributed by atoms with Gasteiger partial charge < -0.3 is 4.74 Å². The van der Waals surface area contributed by atoms with Crippen LogP contribution in [0.2, 0.25) is 10.0 Å². The van der Waals surface area contributed by atoms with Gasteiger partial charge in [0.2, 0.25) is 0 Å². The monoisotopic (exact) mass is 482 g/mol. The summed E-state index contributed by atoms with van der Waals surface area (Å²) in [5.74, 6) is -0.313. The molecule has 0 aromatic heterocycles. The van der Waals surface area contributed by atoms with Gasteiger partial charge in [0.1, 0.15) is 11.6 Å². The second-order valence-corrected chi connectivity index (χ2v) is 7.47. The summed E-state index contributed by atoms with van der Waals surface area (Å²) in [4.78, 5) is 11.6. The van der Waals surface area contributed by atoms with Gasteiger partial charge in [0.25, 0.3) is 0 Å². The zero-order chi connectivity index (χ0) is 17.1. The lowest BCUT2D eigenvalue weighted by atomic mass is 10.0. The van der Waals surface area contributed by atoms with Crippen molar-refractivity contribution >= 4 is 60.8 Å². The standard InChI is InChI=1S/C16H11Br2Cl2FO2/c1-23-9-4-2-8(3-5-9)14(17)15(18)16(22)10-6-13(21)12(20)7-11(10)19/h2-7,14-15H,1H3. The summed E-state index contributed by atoms with van der Waals surface area (Å²) in [7, 11) is 1.58. The van der Waals surface area contributed by atoms with Crippen molar-refractivity contribution in [3.05, 3.63) is 63.4 Å². The molecule has 0 radical (unpaired) electrons. The first-order valence-corrected chi connectivity index (χ1v) is 9.04. The van der Waals surface area contributed by atoms with Crippen LogP contribution in [0.15, 0.2) is 36.4 Å². The quantitative estimate of drug-likeness (QED) is 0.286. The van der Waals surface area contributed by atoms with Gasteiger partial charge in [-0.1, -0.05) is 67.2 Å². The molecule has 0 fully saturated rings. The molecule has 0 bridgehead atoms. The molecule has 0 saturated heterocycles. The van der Waals surface area contributed by atoms with Crippen molar-refractivity contribution in [2.24, 2.45) is 0 Å². The smallest absolute Gasteiger partial charge is 0.179 e. The highest BCUT2D eigenvalue weighted by molar-refractivity contribution is 9.12. The normalized spacial score (nSPS) is 13.5. The Bertz CT molecular complexity index is 723. The molecular weight excluding hydrogens is 474 g/mol. The molecule has 0 aliphatic heterocycles. The third kappa shape index (κ3) is 4.27. The Morgan fingerprint density at radius 1 is 1.13 bits per heavy atom. The molecule has 2 nitrogen and oxygen atoms in total. The van der Waals surface area contributed by atoms with E-state index in [0.29, 0.717) is 5.75 Å². The van der Waals surface area contributed by atoms with Gasteiger partial charge in [-0.15, -0.1) is 0 Å². The van der Waals surface area contributed by atoms with Crippen molar-refractivity contribution in [3.8, 4) is 5.75 Å². The van der Waals surface area contributed by atoms with Crippen LogP contribution in [0.5, 0.6) is 5.75 Å². The number of ether oxygens (including phenoxy) is 1. The molecule has 23 heavy (non-hydrogen) atoms. The zero-order valence-corrected chi connectivity index (χ0v) is 16.5. The molecular formula is C16H11Br2Cl2FO2. The highest BCUT2D eigenvalue weighted by Gasteiger charge is 2.28. The van der Waals surface area contributed by atoms with E-state index in [1.807, 2.05) is 12.1 Å². The Morgan fingerprint density at radius 3 is 2.30 bits per heavy atom. The van der Waals surface area contributed by atoms with Crippen LogP contribution in [0.25, 0.3) is 0 Å². The van der Waals surface area contributed by atoms with E-state index >= 15 is 0 Å². The van der Waals surface area contributed by atoms with Gasteiger partial charge in [0.05, 0.1) is 26.8 Å². The predicted molar refractivity (Wildman–Crippen MR) is 98.1 cm³/mol. The van der Waals surface area contributed by atoms with Crippen LogP contribution in [0, 0.1) is 5.82 Å². The fourth-order valence-electron chi connectivity index (χ4n) is 1.95. The summed E-state index contributed by atoms with van der Waals surface area (Å²) < 4.78 is 18.7. The van der Waals surface area contributed by atoms with Crippen LogP contribution >= 0.6 is 55.1 Å². The Hall–Kier alpha value is -0.620. The van der Waals surface area contributed by atoms with Crippen LogP contribution in [0.1, 0.15) is 20.7 Å². The molecule has 2 aromatic carbocycles. The summed E-state index contributed by atoms with van der Waals surface area (Å²) in [5, 5.41) is -0.0106. The number of hydrogen-bond acceptors (Lipinski definition) is 2. The fourth-order valence-corrected chi connectivity index (χ4v) is 3.52. The Balaban J connectivity index is 2.26. The lowest BCUT2D eigenvalue weighted by molar-refractivity contribution is 0.0990. The Labute approximate surface area is 160 Å². The second-order valence-electron chi connectivity index (χ2n) is 4.69. The number of Topliss-reactive ketones (excluding diaryl/α,β-unsaturated/α-hetero) is 1. The first-order chi connectivity index (χ1) is 10.8. The first kappa shape index (κ1) is 18.7.